The molecular formula is C15H14N4S. The van der Waals surface area contributed by atoms with Crippen LogP contribution in [0.5, 0.6) is 0 Å². The Bertz CT molecular complexity index is 820. The fourth-order valence-corrected chi connectivity index (χ4v) is 2.37. The summed E-state index contributed by atoms with van der Waals surface area (Å²) in [5.74, 6) is 0.714. The van der Waals surface area contributed by atoms with Crippen LogP contribution in [0.2, 0.25) is 0 Å². The van der Waals surface area contributed by atoms with E-state index in [9.17, 15) is 0 Å². The van der Waals surface area contributed by atoms with Crippen LogP contribution in [0.1, 0.15) is 16.7 Å². The Morgan fingerprint density at radius 1 is 1.20 bits per heavy atom. The molecule has 3 aromatic rings. The normalized spacial score (nSPS) is 10.9. The summed E-state index contributed by atoms with van der Waals surface area (Å²) in [7, 11) is 0. The lowest BCUT2D eigenvalue weighted by atomic mass is 10.1. The second-order valence-electron chi connectivity index (χ2n) is 4.78. The molecule has 100 valence electrons. The quantitative estimate of drug-likeness (QED) is 0.734. The topological polar surface area (TPSA) is 56.7 Å². The molecule has 0 unspecified atom stereocenters. The van der Waals surface area contributed by atoms with Crippen LogP contribution in [-0.2, 0) is 0 Å². The van der Waals surface area contributed by atoms with E-state index in [2.05, 4.69) is 35.9 Å². The number of benzene rings is 1. The SMILES string of the molecule is Cc1cc2ncn(-c3ncccc3C(N)=S)c2cc1C. The predicted molar refractivity (Wildman–Crippen MR) is 84.2 cm³/mol. The van der Waals surface area contributed by atoms with Gasteiger partial charge in [0, 0.05) is 6.20 Å². The van der Waals surface area contributed by atoms with E-state index in [1.807, 2.05) is 16.7 Å². The van der Waals surface area contributed by atoms with E-state index in [1.165, 1.54) is 11.1 Å². The Kier molecular flexibility index (Phi) is 2.99. The first kappa shape index (κ1) is 12.7. The average molecular weight is 282 g/mol. The van der Waals surface area contributed by atoms with Crippen molar-refractivity contribution < 1.29 is 0 Å². The number of pyridine rings is 1. The van der Waals surface area contributed by atoms with E-state index < -0.39 is 0 Å². The molecule has 0 aliphatic rings. The Morgan fingerprint density at radius 3 is 2.70 bits per heavy atom. The zero-order valence-electron chi connectivity index (χ0n) is 11.3. The number of aromatic nitrogens is 3. The second kappa shape index (κ2) is 4.68. The third-order valence-corrected chi connectivity index (χ3v) is 3.66. The van der Waals surface area contributed by atoms with Crippen molar-refractivity contribution in [2.24, 2.45) is 5.73 Å². The number of aryl methyl sites for hydroxylation is 2. The van der Waals surface area contributed by atoms with E-state index in [-0.39, 0.29) is 0 Å². The molecule has 1 aromatic carbocycles. The van der Waals surface area contributed by atoms with E-state index in [0.29, 0.717) is 10.8 Å². The first-order valence-electron chi connectivity index (χ1n) is 6.27. The second-order valence-corrected chi connectivity index (χ2v) is 5.22. The van der Waals surface area contributed by atoms with E-state index in [0.717, 1.165) is 16.6 Å². The third kappa shape index (κ3) is 1.96. The molecule has 0 fully saturated rings. The highest BCUT2D eigenvalue weighted by atomic mass is 32.1. The molecule has 2 heterocycles. The van der Waals surface area contributed by atoms with Crippen molar-refractivity contribution in [2.45, 2.75) is 13.8 Å². The summed E-state index contributed by atoms with van der Waals surface area (Å²) in [4.78, 5) is 9.17. The number of thiocarbonyl (C=S) groups is 1. The van der Waals surface area contributed by atoms with Crippen molar-refractivity contribution in [1.82, 2.24) is 14.5 Å². The van der Waals surface area contributed by atoms with Crippen LogP contribution >= 0.6 is 12.2 Å². The first-order valence-corrected chi connectivity index (χ1v) is 6.68. The standard InChI is InChI=1S/C15H14N4S/c1-9-6-12-13(7-10(9)2)19(8-18-12)15-11(14(16)20)4-3-5-17-15/h3-8H,1-2H3,(H2,16,20). The maximum Gasteiger partial charge on any atom is 0.148 e. The highest BCUT2D eigenvalue weighted by molar-refractivity contribution is 7.80. The molecule has 0 spiro atoms. The summed E-state index contributed by atoms with van der Waals surface area (Å²) in [5.41, 5.74) is 10.9. The summed E-state index contributed by atoms with van der Waals surface area (Å²) in [6, 6.07) is 7.88. The summed E-state index contributed by atoms with van der Waals surface area (Å²) in [6.07, 6.45) is 3.48. The van der Waals surface area contributed by atoms with Crippen LogP contribution in [0.15, 0.2) is 36.8 Å². The summed E-state index contributed by atoms with van der Waals surface area (Å²) < 4.78 is 1.93. The number of nitrogens with zero attached hydrogens (tertiary/aromatic N) is 3. The van der Waals surface area contributed by atoms with Crippen molar-refractivity contribution in [2.75, 3.05) is 0 Å². The lowest BCUT2D eigenvalue weighted by Crippen LogP contribution is -2.14. The predicted octanol–water partition coefficient (Wildman–Crippen LogP) is 2.67. The molecule has 0 bridgehead atoms. The van der Waals surface area contributed by atoms with Gasteiger partial charge in [-0.25, -0.2) is 9.97 Å². The molecule has 0 aliphatic carbocycles. The Hall–Kier alpha value is -2.27. The molecule has 0 atom stereocenters. The number of hydrogen-bond donors (Lipinski definition) is 1. The smallest absolute Gasteiger partial charge is 0.148 e. The van der Waals surface area contributed by atoms with Gasteiger partial charge in [0.1, 0.15) is 17.1 Å². The van der Waals surface area contributed by atoms with Gasteiger partial charge in [0.2, 0.25) is 0 Å². The van der Waals surface area contributed by atoms with Crippen molar-refractivity contribution in [1.29, 1.82) is 0 Å². The van der Waals surface area contributed by atoms with Crippen LogP contribution < -0.4 is 5.73 Å². The highest BCUT2D eigenvalue weighted by Gasteiger charge is 2.12. The minimum Gasteiger partial charge on any atom is -0.389 e. The van der Waals surface area contributed by atoms with Gasteiger partial charge in [-0.05, 0) is 49.2 Å². The fraction of sp³-hybridized carbons (Fsp3) is 0.133. The maximum atomic E-state index is 5.78. The van der Waals surface area contributed by atoms with Crippen molar-refractivity contribution in [3.8, 4) is 5.82 Å². The highest BCUT2D eigenvalue weighted by Crippen LogP contribution is 2.22. The maximum absolute atomic E-state index is 5.78. The number of rotatable bonds is 2. The lowest BCUT2D eigenvalue weighted by molar-refractivity contribution is 1.02. The van der Waals surface area contributed by atoms with E-state index in [4.69, 9.17) is 18.0 Å². The first-order chi connectivity index (χ1) is 9.58. The van der Waals surface area contributed by atoms with Gasteiger partial charge in [0.25, 0.3) is 0 Å². The summed E-state index contributed by atoms with van der Waals surface area (Å²) in [5, 5.41) is 0. The number of hydrogen-bond acceptors (Lipinski definition) is 3. The van der Waals surface area contributed by atoms with Gasteiger partial charge < -0.3 is 5.73 Å². The monoisotopic (exact) mass is 282 g/mol. The summed E-state index contributed by atoms with van der Waals surface area (Å²) in [6.45, 7) is 4.16. The molecule has 0 radical (unpaired) electrons. The Balaban J connectivity index is 2.31. The molecule has 2 aromatic heterocycles. The lowest BCUT2D eigenvalue weighted by Gasteiger charge is -2.09. The Labute approximate surface area is 122 Å². The average Bonchev–Trinajstić information content (AvgIpc) is 2.82. The molecule has 0 aliphatic heterocycles. The van der Waals surface area contributed by atoms with Gasteiger partial charge in [-0.2, -0.15) is 0 Å². The molecule has 20 heavy (non-hydrogen) atoms. The minimum absolute atomic E-state index is 0.332. The van der Waals surface area contributed by atoms with Gasteiger partial charge in [0.05, 0.1) is 16.6 Å². The van der Waals surface area contributed by atoms with Gasteiger partial charge in [-0.1, -0.05) is 12.2 Å². The van der Waals surface area contributed by atoms with Crippen molar-refractivity contribution in [3.63, 3.8) is 0 Å². The number of imidazole rings is 1. The van der Waals surface area contributed by atoms with Crippen LogP contribution in [0.4, 0.5) is 0 Å². The van der Waals surface area contributed by atoms with Gasteiger partial charge >= 0.3 is 0 Å². The van der Waals surface area contributed by atoms with Crippen molar-refractivity contribution in [3.05, 3.63) is 53.5 Å². The molecular weight excluding hydrogens is 268 g/mol. The fourth-order valence-electron chi connectivity index (χ4n) is 2.21. The molecule has 2 N–H and O–H groups in total. The number of fused-ring (bicyclic) bond motifs is 1. The van der Waals surface area contributed by atoms with Gasteiger partial charge in [-0.15, -0.1) is 0 Å². The third-order valence-electron chi connectivity index (χ3n) is 3.44. The molecule has 3 rings (SSSR count). The van der Waals surface area contributed by atoms with E-state index in [1.54, 1.807) is 12.5 Å². The van der Waals surface area contributed by atoms with Crippen LogP contribution in [0.3, 0.4) is 0 Å². The minimum atomic E-state index is 0.332. The van der Waals surface area contributed by atoms with Crippen molar-refractivity contribution >= 4 is 28.2 Å². The van der Waals surface area contributed by atoms with Gasteiger partial charge in [0.15, 0.2) is 0 Å². The van der Waals surface area contributed by atoms with Crippen LogP contribution in [0.25, 0.3) is 16.9 Å². The number of nitrogens with two attached hydrogens (primary N) is 1. The zero-order valence-corrected chi connectivity index (χ0v) is 12.1. The molecule has 0 saturated heterocycles. The van der Waals surface area contributed by atoms with Crippen LogP contribution in [0, 0.1) is 13.8 Å². The molecule has 0 amide bonds. The zero-order chi connectivity index (χ0) is 14.3. The summed E-state index contributed by atoms with van der Waals surface area (Å²) >= 11 is 5.10. The Morgan fingerprint density at radius 2 is 1.95 bits per heavy atom. The molecule has 4 nitrogen and oxygen atoms in total. The van der Waals surface area contributed by atoms with Crippen LogP contribution in [-0.4, -0.2) is 19.5 Å². The van der Waals surface area contributed by atoms with E-state index >= 15 is 0 Å². The molecule has 0 saturated carbocycles. The van der Waals surface area contributed by atoms with Gasteiger partial charge in [-0.3, -0.25) is 4.57 Å². The molecule has 5 heteroatoms. The largest absolute Gasteiger partial charge is 0.389 e.